The van der Waals surface area contributed by atoms with Gasteiger partial charge >= 0.3 is 0 Å². The second kappa shape index (κ2) is 5.13. The van der Waals surface area contributed by atoms with Crippen molar-refractivity contribution in [3.8, 4) is 11.1 Å². The quantitative estimate of drug-likeness (QED) is 0.882. The number of hydrogen-bond donors (Lipinski definition) is 1. The van der Waals surface area contributed by atoms with Gasteiger partial charge in [-0.25, -0.2) is 0 Å². The lowest BCUT2D eigenvalue weighted by Crippen LogP contribution is -2.13. The van der Waals surface area contributed by atoms with E-state index in [1.807, 2.05) is 7.05 Å². The lowest BCUT2D eigenvalue weighted by molar-refractivity contribution is 0.654. The van der Waals surface area contributed by atoms with Gasteiger partial charge in [-0.05, 0) is 46.4 Å². The van der Waals surface area contributed by atoms with Gasteiger partial charge in [0.2, 0.25) is 0 Å². The Morgan fingerprint density at radius 1 is 1.19 bits per heavy atom. The van der Waals surface area contributed by atoms with Crippen LogP contribution in [0, 0.1) is 0 Å². The summed E-state index contributed by atoms with van der Waals surface area (Å²) in [6, 6.07) is 8.90. The molecule has 0 aliphatic heterocycles. The smallest absolute Gasteiger partial charge is 0.0360 e. The summed E-state index contributed by atoms with van der Waals surface area (Å²) in [5, 5.41) is 7.60. The Hall–Kier alpha value is -0.640. The van der Waals surface area contributed by atoms with E-state index in [1.54, 1.807) is 11.3 Å². The Morgan fingerprint density at radius 2 is 1.94 bits per heavy atom. The summed E-state index contributed by atoms with van der Waals surface area (Å²) in [5.74, 6) is 0. The van der Waals surface area contributed by atoms with Crippen molar-refractivity contribution in [1.29, 1.82) is 0 Å². The van der Waals surface area contributed by atoms with E-state index >= 15 is 0 Å². The molecular weight excluding hydrogens is 282 g/mol. The lowest BCUT2D eigenvalue weighted by Gasteiger charge is -2.15. The fourth-order valence-electron chi connectivity index (χ4n) is 1.75. The van der Waals surface area contributed by atoms with Crippen LogP contribution in [-0.2, 0) is 0 Å². The molecule has 0 amide bonds. The molecule has 1 aromatic carbocycles. The number of benzene rings is 1. The van der Waals surface area contributed by atoms with Crippen LogP contribution < -0.4 is 5.32 Å². The van der Waals surface area contributed by atoms with Gasteiger partial charge in [0.05, 0.1) is 0 Å². The molecule has 0 bridgehead atoms. The third-order valence-electron chi connectivity index (χ3n) is 2.77. The second-order valence-corrected chi connectivity index (χ2v) is 5.33. The van der Waals surface area contributed by atoms with Crippen molar-refractivity contribution < 1.29 is 0 Å². The van der Waals surface area contributed by atoms with Crippen LogP contribution in [0.3, 0.4) is 0 Å². The number of hydrogen-bond acceptors (Lipinski definition) is 2. The Labute approximate surface area is 109 Å². The summed E-state index contributed by atoms with van der Waals surface area (Å²) in [6.45, 7) is 2.18. The third-order valence-corrected chi connectivity index (χ3v) is 4.47. The first-order valence-electron chi connectivity index (χ1n) is 5.22. The molecule has 1 atom stereocenters. The molecule has 2 aromatic rings. The van der Waals surface area contributed by atoms with E-state index in [4.69, 9.17) is 0 Å². The maximum absolute atomic E-state index is 3.60. The van der Waals surface area contributed by atoms with Crippen molar-refractivity contribution in [3.05, 3.63) is 45.1 Å². The van der Waals surface area contributed by atoms with Crippen molar-refractivity contribution in [1.82, 2.24) is 5.32 Å². The molecule has 2 rings (SSSR count). The number of rotatable bonds is 3. The minimum Gasteiger partial charge on any atom is -0.313 e. The van der Waals surface area contributed by atoms with Gasteiger partial charge in [0.1, 0.15) is 0 Å². The fraction of sp³-hybridized carbons (Fsp3) is 0.231. The Bertz CT molecular complexity index is 478. The van der Waals surface area contributed by atoms with E-state index in [0.717, 1.165) is 0 Å². The largest absolute Gasteiger partial charge is 0.313 e. The van der Waals surface area contributed by atoms with Crippen LogP contribution in [-0.4, -0.2) is 7.05 Å². The molecule has 1 heterocycles. The number of halogens is 1. The van der Waals surface area contributed by atoms with Gasteiger partial charge < -0.3 is 5.32 Å². The number of thiophene rings is 1. The average Bonchev–Trinajstić information content (AvgIpc) is 2.74. The van der Waals surface area contributed by atoms with E-state index in [9.17, 15) is 0 Å². The molecular formula is C13H14BrNS. The van der Waals surface area contributed by atoms with Crippen molar-refractivity contribution in [2.75, 3.05) is 7.05 Å². The molecule has 0 aliphatic carbocycles. The Morgan fingerprint density at radius 3 is 2.56 bits per heavy atom. The molecule has 84 valence electrons. The third kappa shape index (κ3) is 2.21. The second-order valence-electron chi connectivity index (χ2n) is 3.73. The average molecular weight is 296 g/mol. The fourth-order valence-corrected chi connectivity index (χ4v) is 3.26. The van der Waals surface area contributed by atoms with Gasteiger partial charge in [-0.2, -0.15) is 11.3 Å². The monoisotopic (exact) mass is 295 g/mol. The van der Waals surface area contributed by atoms with E-state index in [0.29, 0.717) is 6.04 Å². The highest BCUT2D eigenvalue weighted by Crippen LogP contribution is 2.35. The molecule has 16 heavy (non-hydrogen) atoms. The van der Waals surface area contributed by atoms with Crippen LogP contribution >= 0.6 is 27.3 Å². The molecule has 1 unspecified atom stereocenters. The molecule has 0 saturated carbocycles. The maximum Gasteiger partial charge on any atom is 0.0360 e. The topological polar surface area (TPSA) is 12.0 Å². The predicted molar refractivity (Wildman–Crippen MR) is 74.9 cm³/mol. The Balaban J connectivity index is 2.53. The highest BCUT2D eigenvalue weighted by Gasteiger charge is 2.12. The summed E-state index contributed by atoms with van der Waals surface area (Å²) in [6.07, 6.45) is 0. The highest BCUT2D eigenvalue weighted by molar-refractivity contribution is 9.10. The summed E-state index contributed by atoms with van der Waals surface area (Å²) < 4.78 is 1.17. The van der Waals surface area contributed by atoms with Gasteiger partial charge in [-0.15, -0.1) is 0 Å². The standard InChI is InChI=1S/C13H14BrNS/c1-9(15-2)10-5-3-4-6-11(10)12-7-16-8-13(12)14/h3-9,15H,1-2H3. The summed E-state index contributed by atoms with van der Waals surface area (Å²) in [5.41, 5.74) is 3.92. The zero-order chi connectivity index (χ0) is 11.5. The van der Waals surface area contributed by atoms with E-state index in [2.05, 4.69) is 63.2 Å². The van der Waals surface area contributed by atoms with E-state index in [-0.39, 0.29) is 0 Å². The zero-order valence-electron chi connectivity index (χ0n) is 9.33. The van der Waals surface area contributed by atoms with E-state index in [1.165, 1.54) is 21.2 Å². The SMILES string of the molecule is CNC(C)c1ccccc1-c1cscc1Br. The van der Waals surface area contributed by atoms with Gasteiger partial charge in [-0.3, -0.25) is 0 Å². The normalized spacial score (nSPS) is 12.7. The molecule has 0 saturated heterocycles. The first-order valence-corrected chi connectivity index (χ1v) is 6.96. The maximum atomic E-state index is 3.60. The van der Waals surface area contributed by atoms with Crippen molar-refractivity contribution >= 4 is 27.3 Å². The lowest BCUT2D eigenvalue weighted by atomic mass is 9.97. The van der Waals surface area contributed by atoms with Crippen LogP contribution in [0.1, 0.15) is 18.5 Å². The summed E-state index contributed by atoms with van der Waals surface area (Å²) >= 11 is 5.32. The van der Waals surface area contributed by atoms with Crippen molar-refractivity contribution in [2.24, 2.45) is 0 Å². The minimum absolute atomic E-state index is 0.364. The molecule has 0 aliphatic rings. The number of nitrogens with one attached hydrogen (secondary N) is 1. The molecule has 0 radical (unpaired) electrons. The van der Waals surface area contributed by atoms with Gasteiger partial charge in [0.25, 0.3) is 0 Å². The van der Waals surface area contributed by atoms with Crippen LogP contribution in [0.5, 0.6) is 0 Å². The van der Waals surface area contributed by atoms with Gasteiger partial charge in [0, 0.05) is 21.5 Å². The molecule has 0 fully saturated rings. The summed E-state index contributed by atoms with van der Waals surface area (Å²) in [7, 11) is 1.99. The summed E-state index contributed by atoms with van der Waals surface area (Å²) in [4.78, 5) is 0. The van der Waals surface area contributed by atoms with Crippen LogP contribution in [0.2, 0.25) is 0 Å². The highest BCUT2D eigenvalue weighted by atomic mass is 79.9. The molecule has 0 spiro atoms. The first-order chi connectivity index (χ1) is 7.74. The predicted octanol–water partition coefficient (Wildman–Crippen LogP) is 4.46. The van der Waals surface area contributed by atoms with Crippen molar-refractivity contribution in [2.45, 2.75) is 13.0 Å². The zero-order valence-corrected chi connectivity index (χ0v) is 11.7. The Kier molecular flexibility index (Phi) is 3.79. The molecule has 1 aromatic heterocycles. The van der Waals surface area contributed by atoms with Gasteiger partial charge in [0.15, 0.2) is 0 Å². The van der Waals surface area contributed by atoms with E-state index < -0.39 is 0 Å². The van der Waals surface area contributed by atoms with Crippen LogP contribution in [0.25, 0.3) is 11.1 Å². The minimum atomic E-state index is 0.364. The molecule has 1 N–H and O–H groups in total. The van der Waals surface area contributed by atoms with Crippen LogP contribution in [0.4, 0.5) is 0 Å². The first kappa shape index (κ1) is 11.8. The molecule has 3 heteroatoms. The van der Waals surface area contributed by atoms with Crippen LogP contribution in [0.15, 0.2) is 39.5 Å². The van der Waals surface area contributed by atoms with Gasteiger partial charge in [-0.1, -0.05) is 24.3 Å². The molecule has 1 nitrogen and oxygen atoms in total. The van der Waals surface area contributed by atoms with Crippen molar-refractivity contribution in [3.63, 3.8) is 0 Å².